The highest BCUT2D eigenvalue weighted by Crippen LogP contribution is 2.34. The summed E-state index contributed by atoms with van der Waals surface area (Å²) >= 11 is 1.05. The van der Waals surface area contributed by atoms with Crippen molar-refractivity contribution < 1.29 is 28.2 Å². The minimum absolute atomic E-state index is 0.0180. The number of hydrogen-bond acceptors (Lipinski definition) is 6. The van der Waals surface area contributed by atoms with E-state index in [1.807, 2.05) is 5.32 Å². The standard InChI is InChI=1S/C16H17FN2O5S/c1-8(14(20)19-16(22)18-2)24-15(21)13-9(7-23-3)12-10(17)5-4-6-11(12)25-13/h4-6,8H,7H2,1-3H3,(H2,18,19,20,22)/t8-/m0/s1. The first-order chi connectivity index (χ1) is 11.9. The molecule has 0 fully saturated rings. The number of hydrogen-bond donors (Lipinski definition) is 2. The van der Waals surface area contributed by atoms with E-state index in [0.717, 1.165) is 11.3 Å². The van der Waals surface area contributed by atoms with Crippen molar-refractivity contribution >= 4 is 39.3 Å². The molecule has 0 saturated carbocycles. The number of ether oxygens (including phenoxy) is 2. The Kier molecular flexibility index (Phi) is 6.05. The SMILES string of the molecule is CNC(=O)NC(=O)[C@H](C)OC(=O)c1sc2cccc(F)c2c1COC. The molecule has 0 bridgehead atoms. The van der Waals surface area contributed by atoms with Gasteiger partial charge in [0.25, 0.3) is 5.91 Å². The van der Waals surface area contributed by atoms with Crippen molar-refractivity contribution in [3.63, 3.8) is 0 Å². The van der Waals surface area contributed by atoms with Crippen LogP contribution in [0.3, 0.4) is 0 Å². The Bertz CT molecular complexity index is 820. The average Bonchev–Trinajstić information content (AvgIpc) is 2.95. The van der Waals surface area contributed by atoms with Gasteiger partial charge in [0.05, 0.1) is 6.61 Å². The van der Waals surface area contributed by atoms with Gasteiger partial charge < -0.3 is 14.8 Å². The number of fused-ring (bicyclic) bond motifs is 1. The molecule has 0 saturated heterocycles. The van der Waals surface area contributed by atoms with Crippen LogP contribution in [-0.4, -0.2) is 38.2 Å². The topological polar surface area (TPSA) is 93.7 Å². The summed E-state index contributed by atoms with van der Waals surface area (Å²) in [6.45, 7) is 1.35. The number of carbonyl (C=O) groups is 3. The molecule has 0 aliphatic carbocycles. The van der Waals surface area contributed by atoms with Crippen molar-refractivity contribution in [2.24, 2.45) is 0 Å². The minimum atomic E-state index is -1.20. The van der Waals surface area contributed by atoms with E-state index in [9.17, 15) is 18.8 Å². The first-order valence-electron chi connectivity index (χ1n) is 7.31. The second kappa shape index (κ2) is 8.04. The summed E-state index contributed by atoms with van der Waals surface area (Å²) in [5.41, 5.74) is 0.365. The summed E-state index contributed by atoms with van der Waals surface area (Å²) in [7, 11) is 2.78. The molecule has 134 valence electrons. The Morgan fingerprint density at radius 1 is 1.32 bits per heavy atom. The lowest BCUT2D eigenvalue weighted by molar-refractivity contribution is -0.127. The molecule has 2 rings (SSSR count). The van der Waals surface area contributed by atoms with E-state index < -0.39 is 29.8 Å². The third-order valence-electron chi connectivity index (χ3n) is 3.35. The van der Waals surface area contributed by atoms with Gasteiger partial charge in [0, 0.05) is 29.8 Å². The van der Waals surface area contributed by atoms with Crippen LogP contribution in [0.15, 0.2) is 18.2 Å². The van der Waals surface area contributed by atoms with Crippen LogP contribution < -0.4 is 10.6 Å². The molecule has 1 aromatic heterocycles. The summed E-state index contributed by atoms with van der Waals surface area (Å²) in [5, 5.41) is 4.53. The predicted octanol–water partition coefficient (Wildman–Crippen LogP) is 2.19. The van der Waals surface area contributed by atoms with Gasteiger partial charge in [-0.3, -0.25) is 10.1 Å². The maximum atomic E-state index is 14.1. The predicted molar refractivity (Wildman–Crippen MR) is 90.0 cm³/mol. The fourth-order valence-electron chi connectivity index (χ4n) is 2.16. The molecular formula is C16H17FN2O5S. The zero-order chi connectivity index (χ0) is 18.6. The number of benzene rings is 1. The average molecular weight is 368 g/mol. The number of thiophene rings is 1. The lowest BCUT2D eigenvalue weighted by Gasteiger charge is -2.12. The van der Waals surface area contributed by atoms with E-state index in [2.05, 4.69) is 5.32 Å². The molecule has 25 heavy (non-hydrogen) atoms. The second-order valence-electron chi connectivity index (χ2n) is 5.07. The van der Waals surface area contributed by atoms with Crippen LogP contribution in [0.2, 0.25) is 0 Å². The number of esters is 1. The number of nitrogens with one attached hydrogen (secondary N) is 2. The molecule has 1 atom stereocenters. The van der Waals surface area contributed by atoms with Gasteiger partial charge in [-0.15, -0.1) is 11.3 Å². The van der Waals surface area contributed by atoms with Gasteiger partial charge in [0.15, 0.2) is 6.10 Å². The number of rotatable bonds is 5. The van der Waals surface area contributed by atoms with Crippen LogP contribution in [0.4, 0.5) is 9.18 Å². The van der Waals surface area contributed by atoms with Crippen LogP contribution >= 0.6 is 11.3 Å². The third kappa shape index (κ3) is 4.12. The fraction of sp³-hybridized carbons (Fsp3) is 0.312. The van der Waals surface area contributed by atoms with Crippen LogP contribution in [0, 0.1) is 5.82 Å². The molecule has 0 radical (unpaired) electrons. The molecule has 2 aromatic rings. The number of halogens is 1. The van der Waals surface area contributed by atoms with Gasteiger partial charge in [-0.1, -0.05) is 6.07 Å². The van der Waals surface area contributed by atoms with Crippen LogP contribution in [0.5, 0.6) is 0 Å². The number of carbonyl (C=O) groups excluding carboxylic acids is 3. The lowest BCUT2D eigenvalue weighted by atomic mass is 10.1. The molecule has 0 aliphatic rings. The number of urea groups is 1. The van der Waals surface area contributed by atoms with Crippen LogP contribution in [0.1, 0.15) is 22.2 Å². The van der Waals surface area contributed by atoms with Crippen molar-refractivity contribution in [3.05, 3.63) is 34.5 Å². The Labute approximate surface area is 147 Å². The van der Waals surface area contributed by atoms with Crippen molar-refractivity contribution in [1.82, 2.24) is 10.6 Å². The van der Waals surface area contributed by atoms with Crippen molar-refractivity contribution in [1.29, 1.82) is 0 Å². The van der Waals surface area contributed by atoms with Gasteiger partial charge in [-0.25, -0.2) is 14.0 Å². The molecule has 9 heteroatoms. The summed E-state index contributed by atoms with van der Waals surface area (Å²) in [6, 6.07) is 3.81. The first kappa shape index (κ1) is 18.8. The van der Waals surface area contributed by atoms with Crippen molar-refractivity contribution in [2.45, 2.75) is 19.6 Å². The largest absolute Gasteiger partial charge is 0.448 e. The van der Waals surface area contributed by atoms with Gasteiger partial charge in [0.2, 0.25) is 0 Å². The Hall–Kier alpha value is -2.52. The highest BCUT2D eigenvalue weighted by atomic mass is 32.1. The number of imide groups is 1. The molecule has 0 unspecified atom stereocenters. The Balaban J connectivity index is 2.27. The summed E-state index contributed by atoms with van der Waals surface area (Å²) in [5.74, 6) is -2.02. The molecule has 0 aliphatic heterocycles. The van der Waals surface area contributed by atoms with E-state index in [1.165, 1.54) is 27.1 Å². The highest BCUT2D eigenvalue weighted by molar-refractivity contribution is 7.21. The molecular weight excluding hydrogens is 351 g/mol. The van der Waals surface area contributed by atoms with Gasteiger partial charge in [0.1, 0.15) is 10.7 Å². The molecule has 7 nitrogen and oxygen atoms in total. The molecule has 1 heterocycles. The maximum absolute atomic E-state index is 14.1. The van der Waals surface area contributed by atoms with E-state index in [4.69, 9.17) is 9.47 Å². The second-order valence-corrected chi connectivity index (χ2v) is 6.12. The van der Waals surface area contributed by atoms with Crippen molar-refractivity contribution in [3.8, 4) is 0 Å². The summed E-state index contributed by atoms with van der Waals surface area (Å²) < 4.78 is 24.8. The smallest absolute Gasteiger partial charge is 0.349 e. The van der Waals surface area contributed by atoms with E-state index in [0.29, 0.717) is 15.6 Å². The van der Waals surface area contributed by atoms with Gasteiger partial charge in [-0.05, 0) is 19.1 Å². The number of amides is 3. The van der Waals surface area contributed by atoms with Gasteiger partial charge in [-0.2, -0.15) is 0 Å². The molecule has 1 aromatic carbocycles. The maximum Gasteiger partial charge on any atom is 0.349 e. The first-order valence-corrected chi connectivity index (χ1v) is 8.13. The van der Waals surface area contributed by atoms with E-state index in [1.54, 1.807) is 12.1 Å². The fourth-order valence-corrected chi connectivity index (χ4v) is 3.26. The van der Waals surface area contributed by atoms with Crippen molar-refractivity contribution in [2.75, 3.05) is 14.2 Å². The third-order valence-corrected chi connectivity index (χ3v) is 4.53. The van der Waals surface area contributed by atoms with Crippen LogP contribution in [-0.2, 0) is 20.9 Å². The molecule has 3 amide bonds. The van der Waals surface area contributed by atoms with Crippen LogP contribution in [0.25, 0.3) is 10.1 Å². The molecule has 2 N–H and O–H groups in total. The normalized spacial score (nSPS) is 11.8. The minimum Gasteiger partial charge on any atom is -0.448 e. The summed E-state index contributed by atoms with van der Waals surface area (Å²) in [4.78, 5) is 35.5. The van der Waals surface area contributed by atoms with E-state index >= 15 is 0 Å². The lowest BCUT2D eigenvalue weighted by Crippen LogP contribution is -2.43. The highest BCUT2D eigenvalue weighted by Gasteiger charge is 2.26. The zero-order valence-electron chi connectivity index (χ0n) is 13.8. The summed E-state index contributed by atoms with van der Waals surface area (Å²) in [6.07, 6.45) is -1.20. The van der Waals surface area contributed by atoms with Gasteiger partial charge >= 0.3 is 12.0 Å². The number of methoxy groups -OCH3 is 1. The Morgan fingerprint density at radius 2 is 2.04 bits per heavy atom. The Morgan fingerprint density at radius 3 is 2.68 bits per heavy atom. The van der Waals surface area contributed by atoms with E-state index in [-0.39, 0.29) is 11.5 Å². The zero-order valence-corrected chi connectivity index (χ0v) is 14.7. The molecule has 0 spiro atoms. The quantitative estimate of drug-likeness (QED) is 0.789. The monoisotopic (exact) mass is 368 g/mol.